The molecule has 0 bridgehead atoms. The molecule has 1 aromatic rings. The smallest absolute Gasteiger partial charge is 0.263 e. The molecule has 1 amide bonds. The minimum atomic E-state index is -0.103. The van der Waals surface area contributed by atoms with Crippen molar-refractivity contribution in [3.05, 3.63) is 4.88 Å². The van der Waals surface area contributed by atoms with E-state index in [0.29, 0.717) is 22.6 Å². The number of thiophene rings is 1. The largest absolute Gasteiger partial charge is 0.396 e. The second kappa shape index (κ2) is 6.46. The molecule has 1 aliphatic rings. The number of amides is 1. The van der Waals surface area contributed by atoms with Crippen LogP contribution in [0.4, 0.5) is 10.7 Å². The Morgan fingerprint density at radius 3 is 2.43 bits per heavy atom. The number of nitrogens with one attached hydrogen (secondary N) is 1. The van der Waals surface area contributed by atoms with E-state index in [9.17, 15) is 4.79 Å². The Hall–Kier alpha value is -0.920. The van der Waals surface area contributed by atoms with Gasteiger partial charge in [0.1, 0.15) is 9.88 Å². The lowest BCUT2D eigenvalue weighted by Gasteiger charge is -2.43. The van der Waals surface area contributed by atoms with Gasteiger partial charge in [-0.25, -0.2) is 0 Å². The zero-order valence-corrected chi connectivity index (χ0v) is 14.9. The van der Waals surface area contributed by atoms with Crippen LogP contribution in [0.3, 0.4) is 0 Å². The van der Waals surface area contributed by atoms with E-state index < -0.39 is 0 Å². The van der Waals surface area contributed by atoms with Gasteiger partial charge in [-0.2, -0.15) is 0 Å². The maximum atomic E-state index is 12.0. The zero-order valence-electron chi connectivity index (χ0n) is 13.3. The van der Waals surface area contributed by atoms with Crippen molar-refractivity contribution in [2.24, 2.45) is 0 Å². The Kier molecular flexibility index (Phi) is 5.06. The number of hydrogen-bond donors (Lipinski definition) is 2. The molecule has 0 aliphatic carbocycles. The van der Waals surface area contributed by atoms with Gasteiger partial charge in [-0.3, -0.25) is 9.69 Å². The molecule has 1 saturated heterocycles. The molecule has 1 fully saturated rings. The van der Waals surface area contributed by atoms with E-state index in [1.807, 2.05) is 6.26 Å². The van der Waals surface area contributed by atoms with E-state index in [0.717, 1.165) is 23.0 Å². The molecule has 2 atom stereocenters. The molecule has 21 heavy (non-hydrogen) atoms. The Morgan fingerprint density at radius 2 is 1.95 bits per heavy atom. The average Bonchev–Trinajstić information content (AvgIpc) is 2.80. The fourth-order valence-electron chi connectivity index (χ4n) is 2.67. The molecular weight excluding hydrogens is 304 g/mol. The van der Waals surface area contributed by atoms with Crippen molar-refractivity contribution >= 4 is 39.7 Å². The van der Waals surface area contributed by atoms with E-state index in [1.54, 1.807) is 18.8 Å². The molecule has 2 unspecified atom stereocenters. The van der Waals surface area contributed by atoms with Crippen molar-refractivity contribution in [2.75, 3.05) is 44.1 Å². The number of piperazine rings is 1. The van der Waals surface area contributed by atoms with E-state index in [1.165, 1.54) is 11.3 Å². The molecule has 0 aromatic carbocycles. The first-order valence-corrected chi connectivity index (χ1v) is 9.10. The van der Waals surface area contributed by atoms with Crippen molar-refractivity contribution in [1.29, 1.82) is 0 Å². The molecule has 2 heterocycles. The molecule has 3 N–H and O–H groups in total. The first-order valence-electron chi connectivity index (χ1n) is 7.05. The van der Waals surface area contributed by atoms with Crippen LogP contribution < -0.4 is 16.0 Å². The summed E-state index contributed by atoms with van der Waals surface area (Å²) >= 11 is 3.12. The van der Waals surface area contributed by atoms with Gasteiger partial charge in [0.2, 0.25) is 0 Å². The van der Waals surface area contributed by atoms with Gasteiger partial charge in [-0.1, -0.05) is 0 Å². The van der Waals surface area contributed by atoms with Crippen molar-refractivity contribution in [3.63, 3.8) is 0 Å². The second-order valence-corrected chi connectivity index (χ2v) is 7.35. The standard InChI is InChI=1S/C14H24N4OS2/c1-8-6-18(7-9(2)17(8)4)14-12(20-5)10(15)11(21-14)13(19)16-3/h8-9H,6-7,15H2,1-5H3,(H,16,19). The normalized spacial score (nSPS) is 23.4. The van der Waals surface area contributed by atoms with Crippen LogP contribution in [0.15, 0.2) is 4.90 Å². The van der Waals surface area contributed by atoms with Gasteiger partial charge < -0.3 is 16.0 Å². The summed E-state index contributed by atoms with van der Waals surface area (Å²) in [6.45, 7) is 6.39. The van der Waals surface area contributed by atoms with Crippen LogP contribution in [0.1, 0.15) is 23.5 Å². The highest BCUT2D eigenvalue weighted by molar-refractivity contribution is 7.99. The van der Waals surface area contributed by atoms with Gasteiger partial charge in [0, 0.05) is 32.2 Å². The number of thioether (sulfide) groups is 1. The summed E-state index contributed by atoms with van der Waals surface area (Å²) in [5, 5.41) is 3.80. The van der Waals surface area contributed by atoms with Crippen LogP contribution >= 0.6 is 23.1 Å². The summed E-state index contributed by atoms with van der Waals surface area (Å²) in [5.74, 6) is -0.103. The van der Waals surface area contributed by atoms with Gasteiger partial charge in [0.05, 0.1) is 10.6 Å². The SMILES string of the molecule is CNC(=O)c1sc(N2CC(C)N(C)C(C)C2)c(SC)c1N. The van der Waals surface area contributed by atoms with Crippen LogP contribution in [0.25, 0.3) is 0 Å². The topological polar surface area (TPSA) is 61.6 Å². The van der Waals surface area contributed by atoms with Crippen LogP contribution in [-0.2, 0) is 0 Å². The number of carbonyl (C=O) groups is 1. The van der Waals surface area contributed by atoms with Gasteiger partial charge in [-0.15, -0.1) is 23.1 Å². The van der Waals surface area contributed by atoms with Crippen LogP contribution in [0.2, 0.25) is 0 Å². The Balaban J connectivity index is 2.37. The summed E-state index contributed by atoms with van der Waals surface area (Å²) in [4.78, 5) is 18.4. The number of carbonyl (C=O) groups excluding carboxylic acids is 1. The molecular formula is C14H24N4OS2. The lowest BCUT2D eigenvalue weighted by Crippen LogP contribution is -2.55. The quantitative estimate of drug-likeness (QED) is 0.831. The van der Waals surface area contributed by atoms with Crippen molar-refractivity contribution in [2.45, 2.75) is 30.8 Å². The maximum Gasteiger partial charge on any atom is 0.263 e. The number of likely N-dealkylation sites (N-methyl/N-ethyl adjacent to an activating group) is 1. The third-order valence-corrected chi connectivity index (χ3v) is 6.38. The number of nitrogens with zero attached hydrogens (tertiary/aromatic N) is 2. The zero-order chi connectivity index (χ0) is 15.7. The number of hydrogen-bond acceptors (Lipinski definition) is 6. The predicted octanol–water partition coefficient (Wildman–Crippen LogP) is 1.94. The van der Waals surface area contributed by atoms with Crippen molar-refractivity contribution in [3.8, 4) is 0 Å². The molecule has 0 radical (unpaired) electrons. The average molecular weight is 329 g/mol. The number of anilines is 2. The minimum Gasteiger partial charge on any atom is -0.396 e. The van der Waals surface area contributed by atoms with Gasteiger partial charge in [0.25, 0.3) is 5.91 Å². The maximum absolute atomic E-state index is 12.0. The van der Waals surface area contributed by atoms with Gasteiger partial charge >= 0.3 is 0 Å². The summed E-state index contributed by atoms with van der Waals surface area (Å²) in [5.41, 5.74) is 6.80. The fourth-order valence-corrected chi connectivity index (χ4v) is 4.82. The van der Waals surface area contributed by atoms with E-state index in [4.69, 9.17) is 5.73 Å². The van der Waals surface area contributed by atoms with Crippen molar-refractivity contribution < 1.29 is 4.79 Å². The third-order valence-electron chi connectivity index (χ3n) is 4.17. The number of rotatable bonds is 3. The lowest BCUT2D eigenvalue weighted by molar-refractivity contribution is 0.0968. The first kappa shape index (κ1) is 16.5. The molecule has 0 saturated carbocycles. The Bertz CT molecular complexity index is 519. The Labute approximate surface area is 134 Å². The van der Waals surface area contributed by atoms with E-state index in [2.05, 4.69) is 36.0 Å². The summed E-state index contributed by atoms with van der Waals surface area (Å²) in [6.07, 6.45) is 2.01. The van der Waals surface area contributed by atoms with Crippen LogP contribution in [0.5, 0.6) is 0 Å². The second-order valence-electron chi connectivity index (χ2n) is 5.53. The lowest BCUT2D eigenvalue weighted by atomic mass is 10.1. The molecule has 7 heteroatoms. The molecule has 1 aromatic heterocycles. The minimum absolute atomic E-state index is 0.103. The highest BCUT2D eigenvalue weighted by atomic mass is 32.2. The van der Waals surface area contributed by atoms with Gasteiger partial charge in [-0.05, 0) is 27.2 Å². The monoisotopic (exact) mass is 328 g/mol. The first-order chi connectivity index (χ1) is 9.90. The summed E-state index contributed by atoms with van der Waals surface area (Å²) in [7, 11) is 3.81. The van der Waals surface area contributed by atoms with E-state index in [-0.39, 0.29) is 5.91 Å². The number of nitrogen functional groups attached to an aromatic ring is 1. The molecule has 1 aliphatic heterocycles. The molecule has 0 spiro atoms. The molecule has 5 nitrogen and oxygen atoms in total. The number of nitrogens with two attached hydrogens (primary N) is 1. The van der Waals surface area contributed by atoms with Crippen LogP contribution in [0, 0.1) is 0 Å². The van der Waals surface area contributed by atoms with Gasteiger partial charge in [0.15, 0.2) is 0 Å². The van der Waals surface area contributed by atoms with Crippen LogP contribution in [-0.4, -0.2) is 56.3 Å². The fraction of sp³-hybridized carbons (Fsp3) is 0.643. The predicted molar refractivity (Wildman–Crippen MR) is 92.8 cm³/mol. The highest BCUT2D eigenvalue weighted by Crippen LogP contribution is 2.44. The third kappa shape index (κ3) is 3.00. The van der Waals surface area contributed by atoms with E-state index >= 15 is 0 Å². The summed E-state index contributed by atoms with van der Waals surface area (Å²) in [6, 6.07) is 0.963. The van der Waals surface area contributed by atoms with Crippen molar-refractivity contribution in [1.82, 2.24) is 10.2 Å². The molecule has 2 rings (SSSR count). The molecule has 118 valence electrons. The highest BCUT2D eigenvalue weighted by Gasteiger charge is 2.30. The Morgan fingerprint density at radius 1 is 1.38 bits per heavy atom. The summed E-state index contributed by atoms with van der Waals surface area (Å²) < 4.78 is 0.